The molecule has 2 heteroatoms. The normalized spacial score (nSPS) is 13.2. The molecule has 0 aliphatic carbocycles. The van der Waals surface area contributed by atoms with Crippen LogP contribution in [0.4, 0.5) is 5.69 Å². The lowest BCUT2D eigenvalue weighted by molar-refractivity contribution is -0.115. The van der Waals surface area contributed by atoms with Crippen LogP contribution in [-0.4, -0.2) is 5.91 Å². The Morgan fingerprint density at radius 3 is 2.47 bits per heavy atom. The van der Waals surface area contributed by atoms with Crippen LogP contribution in [-0.2, 0) is 11.2 Å². The third kappa shape index (κ3) is 1.48. The van der Waals surface area contributed by atoms with Gasteiger partial charge in [-0.1, -0.05) is 31.7 Å². The van der Waals surface area contributed by atoms with E-state index in [4.69, 9.17) is 0 Å². The molecule has 0 saturated carbocycles. The van der Waals surface area contributed by atoms with E-state index in [0.717, 1.165) is 11.3 Å². The number of carbonyl (C=O) groups excluding carboxylic acids is 1. The van der Waals surface area contributed by atoms with Crippen LogP contribution < -0.4 is 5.32 Å². The average molecular weight is 199 g/mol. The maximum atomic E-state index is 11.2. The highest BCUT2D eigenvalue weighted by molar-refractivity contribution is 6.02. The number of fused-ring (bicyclic) bond motifs is 2. The third-order valence-corrected chi connectivity index (χ3v) is 2.60. The zero-order chi connectivity index (χ0) is 9.54. The van der Waals surface area contributed by atoms with Gasteiger partial charge < -0.3 is 5.32 Å². The number of benzene rings is 2. The summed E-state index contributed by atoms with van der Waals surface area (Å²) in [5.74, 6) is 0.0929. The molecule has 1 aliphatic heterocycles. The van der Waals surface area contributed by atoms with Gasteiger partial charge in [-0.25, -0.2) is 0 Å². The van der Waals surface area contributed by atoms with Gasteiger partial charge in [-0.3, -0.25) is 4.79 Å². The largest absolute Gasteiger partial charge is 0.326 e. The third-order valence-electron chi connectivity index (χ3n) is 2.60. The van der Waals surface area contributed by atoms with Crippen molar-refractivity contribution in [3.05, 3.63) is 42.0 Å². The Kier molecular flexibility index (Phi) is 2.19. The summed E-state index contributed by atoms with van der Waals surface area (Å²) in [5, 5.41) is 5.22. The van der Waals surface area contributed by atoms with Crippen molar-refractivity contribution in [3.8, 4) is 0 Å². The molecule has 0 spiro atoms. The Bertz CT molecular complexity index is 485. The predicted molar refractivity (Wildman–Crippen MR) is 63.0 cm³/mol. The second kappa shape index (κ2) is 3.39. The minimum Gasteiger partial charge on any atom is -0.326 e. The zero-order valence-electron chi connectivity index (χ0n) is 7.58. The fourth-order valence-corrected chi connectivity index (χ4v) is 1.92. The summed E-state index contributed by atoms with van der Waals surface area (Å²) in [5.41, 5.74) is 2.07. The fourth-order valence-electron chi connectivity index (χ4n) is 1.92. The average Bonchev–Trinajstić information content (AvgIpc) is 2.53. The molecule has 2 aromatic carbocycles. The van der Waals surface area contributed by atoms with Crippen molar-refractivity contribution in [2.24, 2.45) is 0 Å². The number of nitrogens with one attached hydrogen (secondary N) is 1. The number of hydrogen-bond donors (Lipinski definition) is 1. The zero-order valence-corrected chi connectivity index (χ0v) is 7.58. The van der Waals surface area contributed by atoms with Crippen LogP contribution >= 0.6 is 0 Å². The van der Waals surface area contributed by atoms with Crippen molar-refractivity contribution >= 4 is 22.4 Å². The number of hydrogen-bond acceptors (Lipinski definition) is 1. The first-order chi connectivity index (χ1) is 6.83. The van der Waals surface area contributed by atoms with Gasteiger partial charge >= 0.3 is 0 Å². The van der Waals surface area contributed by atoms with Gasteiger partial charge in [0.2, 0.25) is 5.91 Å². The standard InChI is InChI=1S/C12H9NO.CH4/c14-12-7-10-5-8-3-1-2-4-9(8)6-11(10)13-12;/h1-6H,7H2,(H,13,14);1H4. The van der Waals surface area contributed by atoms with Crippen molar-refractivity contribution < 1.29 is 4.79 Å². The van der Waals surface area contributed by atoms with E-state index in [1.54, 1.807) is 0 Å². The van der Waals surface area contributed by atoms with Gasteiger partial charge in [0, 0.05) is 5.69 Å². The highest BCUT2D eigenvalue weighted by Gasteiger charge is 2.17. The molecular formula is C13H13NO. The van der Waals surface area contributed by atoms with Gasteiger partial charge in [-0.2, -0.15) is 0 Å². The summed E-state index contributed by atoms with van der Waals surface area (Å²) < 4.78 is 0. The van der Waals surface area contributed by atoms with Crippen LogP contribution in [0.1, 0.15) is 13.0 Å². The summed E-state index contributed by atoms with van der Waals surface area (Å²) in [6, 6.07) is 12.3. The van der Waals surface area contributed by atoms with Crippen LogP contribution in [0.2, 0.25) is 0 Å². The van der Waals surface area contributed by atoms with Gasteiger partial charge in [-0.05, 0) is 28.5 Å². The van der Waals surface area contributed by atoms with Gasteiger partial charge in [0.1, 0.15) is 0 Å². The van der Waals surface area contributed by atoms with Crippen LogP contribution in [0.3, 0.4) is 0 Å². The molecule has 1 amide bonds. The molecular weight excluding hydrogens is 186 g/mol. The summed E-state index contributed by atoms with van der Waals surface area (Å²) in [4.78, 5) is 11.2. The summed E-state index contributed by atoms with van der Waals surface area (Å²) >= 11 is 0. The van der Waals surface area contributed by atoms with E-state index in [1.165, 1.54) is 10.8 Å². The van der Waals surface area contributed by atoms with E-state index >= 15 is 0 Å². The van der Waals surface area contributed by atoms with Crippen LogP contribution in [0.25, 0.3) is 10.8 Å². The summed E-state index contributed by atoms with van der Waals surface area (Å²) in [6.45, 7) is 0. The lowest BCUT2D eigenvalue weighted by atomic mass is 10.1. The highest BCUT2D eigenvalue weighted by atomic mass is 16.1. The maximum Gasteiger partial charge on any atom is 0.228 e. The Morgan fingerprint density at radius 1 is 1.07 bits per heavy atom. The van der Waals surface area contributed by atoms with Gasteiger partial charge in [-0.15, -0.1) is 0 Å². The van der Waals surface area contributed by atoms with E-state index < -0.39 is 0 Å². The van der Waals surface area contributed by atoms with Crippen molar-refractivity contribution in [3.63, 3.8) is 0 Å². The van der Waals surface area contributed by atoms with E-state index in [2.05, 4.69) is 23.5 Å². The quantitative estimate of drug-likeness (QED) is 0.694. The van der Waals surface area contributed by atoms with E-state index in [0.29, 0.717) is 6.42 Å². The van der Waals surface area contributed by atoms with E-state index in [9.17, 15) is 4.79 Å². The summed E-state index contributed by atoms with van der Waals surface area (Å²) in [6.07, 6.45) is 0.514. The Balaban J connectivity index is 0.000000853. The maximum absolute atomic E-state index is 11.2. The second-order valence-corrected chi connectivity index (χ2v) is 3.58. The molecule has 0 fully saturated rings. The molecule has 0 atom stereocenters. The monoisotopic (exact) mass is 199 g/mol. The number of amides is 1. The van der Waals surface area contributed by atoms with Gasteiger partial charge in [0.15, 0.2) is 0 Å². The molecule has 1 heterocycles. The molecule has 0 aromatic heterocycles. The second-order valence-electron chi connectivity index (χ2n) is 3.58. The first-order valence-corrected chi connectivity index (χ1v) is 4.64. The lowest BCUT2D eigenvalue weighted by Crippen LogP contribution is -2.03. The first-order valence-electron chi connectivity index (χ1n) is 4.64. The number of carbonyl (C=O) groups is 1. The van der Waals surface area contributed by atoms with Crippen LogP contribution in [0.5, 0.6) is 0 Å². The molecule has 2 aromatic rings. The molecule has 0 bridgehead atoms. The fraction of sp³-hybridized carbons (Fsp3) is 0.154. The topological polar surface area (TPSA) is 29.1 Å². The van der Waals surface area contributed by atoms with Gasteiger partial charge in [0.05, 0.1) is 6.42 Å². The first kappa shape index (κ1) is 9.71. The van der Waals surface area contributed by atoms with E-state index in [-0.39, 0.29) is 13.3 Å². The molecule has 3 rings (SSSR count). The van der Waals surface area contributed by atoms with Crippen LogP contribution in [0.15, 0.2) is 36.4 Å². The number of anilines is 1. The molecule has 0 saturated heterocycles. The number of rotatable bonds is 0. The minimum absolute atomic E-state index is 0. The van der Waals surface area contributed by atoms with Gasteiger partial charge in [0.25, 0.3) is 0 Å². The molecule has 0 unspecified atom stereocenters. The summed E-state index contributed by atoms with van der Waals surface area (Å²) in [7, 11) is 0. The van der Waals surface area contributed by atoms with Crippen molar-refractivity contribution in [1.29, 1.82) is 0 Å². The molecule has 1 N–H and O–H groups in total. The SMILES string of the molecule is C.O=C1Cc2cc3ccccc3cc2N1. The van der Waals surface area contributed by atoms with E-state index in [1.807, 2.05) is 18.2 Å². The molecule has 2 nitrogen and oxygen atoms in total. The Labute approximate surface area is 88.9 Å². The minimum atomic E-state index is 0. The molecule has 15 heavy (non-hydrogen) atoms. The smallest absolute Gasteiger partial charge is 0.228 e. The molecule has 0 radical (unpaired) electrons. The van der Waals surface area contributed by atoms with Crippen LogP contribution in [0, 0.1) is 0 Å². The van der Waals surface area contributed by atoms with Crippen molar-refractivity contribution in [1.82, 2.24) is 0 Å². The van der Waals surface area contributed by atoms with Crippen molar-refractivity contribution in [2.75, 3.05) is 5.32 Å². The Morgan fingerprint density at radius 2 is 1.73 bits per heavy atom. The lowest BCUT2D eigenvalue weighted by Gasteiger charge is -2.01. The van der Waals surface area contributed by atoms with Crippen molar-refractivity contribution in [2.45, 2.75) is 13.8 Å². The molecule has 1 aliphatic rings. The predicted octanol–water partition coefficient (Wildman–Crippen LogP) is 2.97. The molecule has 76 valence electrons. The Hall–Kier alpha value is -1.83. The highest BCUT2D eigenvalue weighted by Crippen LogP contribution is 2.28.